The number of likely N-dealkylation sites (N-methyl/N-ethyl adjacent to an activating group) is 2. The van der Waals surface area contributed by atoms with Gasteiger partial charge in [-0.1, -0.05) is 73.9 Å². The van der Waals surface area contributed by atoms with E-state index in [0.29, 0.717) is 30.6 Å². The minimum atomic E-state index is -1.74. The number of benzene rings is 1. The monoisotopic (exact) mass is 1050 g/mol. The van der Waals surface area contributed by atoms with Crippen molar-refractivity contribution in [1.82, 2.24) is 35.6 Å². The highest BCUT2D eigenvalue weighted by atomic mass is 16.6. The zero-order valence-corrected chi connectivity index (χ0v) is 46.2. The minimum Gasteiger partial charge on any atom is -0.497 e. The van der Waals surface area contributed by atoms with E-state index in [-0.39, 0.29) is 57.0 Å². The molecule has 3 saturated heterocycles. The maximum atomic E-state index is 14.9. The van der Waals surface area contributed by atoms with Gasteiger partial charge in [0.2, 0.25) is 35.3 Å². The van der Waals surface area contributed by atoms with Gasteiger partial charge in [-0.2, -0.15) is 0 Å². The van der Waals surface area contributed by atoms with Crippen molar-refractivity contribution in [1.29, 1.82) is 0 Å². The second-order valence-electron chi connectivity index (χ2n) is 21.7. The Hall–Kier alpha value is -6.12. The quantitative estimate of drug-likeness (QED) is 0.145. The molecule has 0 aliphatic carbocycles. The Morgan fingerprint density at radius 2 is 1.52 bits per heavy atom. The molecule has 4 N–H and O–H groups in total. The van der Waals surface area contributed by atoms with Crippen molar-refractivity contribution < 1.29 is 67.3 Å². The number of amides is 7. The summed E-state index contributed by atoms with van der Waals surface area (Å²) in [4.78, 5) is 146. The molecule has 3 heterocycles. The Balaban J connectivity index is 1.87. The number of ether oxygens (including phenoxy) is 3. The predicted octanol–water partition coefficient (Wildman–Crippen LogP) is 2.32. The number of fused-ring (bicyclic) bond motifs is 1. The highest BCUT2D eigenvalue weighted by Crippen LogP contribution is 2.27. The lowest BCUT2D eigenvalue weighted by Gasteiger charge is -2.36. The molecule has 4 rings (SSSR count). The molecule has 418 valence electrons. The van der Waals surface area contributed by atoms with E-state index in [1.807, 2.05) is 27.7 Å². The number of hydrogen-bond donors (Lipinski definition) is 4. The summed E-state index contributed by atoms with van der Waals surface area (Å²) < 4.78 is 17.2. The molecule has 21 nitrogen and oxygen atoms in total. The normalized spacial score (nSPS) is 26.7. The molecule has 3 aliphatic heterocycles. The number of carbonyl (C=O) groups excluding carboxylic acids is 10. The topological polar surface area (TPSA) is 268 Å². The van der Waals surface area contributed by atoms with E-state index in [1.54, 1.807) is 52.0 Å². The number of aliphatic hydroxyl groups excluding tert-OH is 1. The standard InChI is InChI=1S/C54H83N7O14/c1-14-32(8)44-42(63)28-43(64)75-46(31(6)7)49(67)55-37(25-29(2)3)51(69)61-24-16-18-39(61)53(71)59(12)41(27-35-19-21-36(73-13)22-20-35)54(72)74-34(10)45(48(66)56-44)57-47(65)40(26-30(4)5)58(11)52(70)38-17-15-23-60(38)50(68)33(9)62/h19-22,29-32,34,37-42,44-46,63H,14-18,23-28H2,1-13H3,(H,55,67)(H,56,66)(H,57,65)/t32-,34+,37-,38-,39-,40+,41?,42-,44+,45-,46?/m0/s1. The van der Waals surface area contributed by atoms with E-state index in [9.17, 15) is 53.1 Å². The van der Waals surface area contributed by atoms with Crippen LogP contribution >= 0.6 is 0 Å². The maximum absolute atomic E-state index is 14.9. The second kappa shape index (κ2) is 27.6. The number of Topliss-reactive ketones (excluding diaryl/α,β-unsaturated/α-hetero) is 1. The molecule has 0 spiro atoms. The van der Waals surface area contributed by atoms with Crippen LogP contribution in [0, 0.1) is 23.7 Å². The number of carbonyl (C=O) groups is 10. The average molecular weight is 1050 g/mol. The number of methoxy groups -OCH3 is 1. The number of rotatable bonds is 15. The first-order chi connectivity index (χ1) is 35.2. The van der Waals surface area contributed by atoms with Crippen molar-refractivity contribution in [3.05, 3.63) is 29.8 Å². The summed E-state index contributed by atoms with van der Waals surface area (Å²) in [7, 11) is 4.31. The van der Waals surface area contributed by atoms with Crippen LogP contribution in [-0.2, 0) is 63.8 Å². The lowest BCUT2D eigenvalue weighted by Crippen LogP contribution is -2.62. The summed E-state index contributed by atoms with van der Waals surface area (Å²) >= 11 is 0. The van der Waals surface area contributed by atoms with Gasteiger partial charge in [0.15, 0.2) is 6.10 Å². The molecule has 0 aromatic heterocycles. The van der Waals surface area contributed by atoms with Gasteiger partial charge in [-0.25, -0.2) is 4.79 Å². The lowest BCUT2D eigenvalue weighted by atomic mass is 9.92. The van der Waals surface area contributed by atoms with Crippen molar-refractivity contribution in [2.45, 2.75) is 188 Å². The van der Waals surface area contributed by atoms with Crippen LogP contribution in [0.5, 0.6) is 5.75 Å². The predicted molar refractivity (Wildman–Crippen MR) is 275 cm³/mol. The van der Waals surface area contributed by atoms with Crippen molar-refractivity contribution in [3.63, 3.8) is 0 Å². The van der Waals surface area contributed by atoms with Gasteiger partial charge in [0, 0.05) is 40.5 Å². The van der Waals surface area contributed by atoms with Gasteiger partial charge in [-0.05, 0) is 86.8 Å². The van der Waals surface area contributed by atoms with Crippen LogP contribution in [0.25, 0.3) is 0 Å². The van der Waals surface area contributed by atoms with E-state index in [2.05, 4.69) is 16.0 Å². The third-order valence-corrected chi connectivity index (χ3v) is 14.6. The molecule has 11 atom stereocenters. The summed E-state index contributed by atoms with van der Waals surface area (Å²) in [6.07, 6.45) is -3.34. The summed E-state index contributed by atoms with van der Waals surface area (Å²) in [5.74, 6) is -8.67. The van der Waals surface area contributed by atoms with Crippen LogP contribution in [0.15, 0.2) is 24.3 Å². The number of cyclic esters (lactones) is 2. The van der Waals surface area contributed by atoms with Crippen LogP contribution in [0.1, 0.15) is 126 Å². The Morgan fingerprint density at radius 3 is 2.09 bits per heavy atom. The molecule has 7 amide bonds. The third kappa shape index (κ3) is 16.0. The summed E-state index contributed by atoms with van der Waals surface area (Å²) in [5.41, 5.74) is 0.592. The number of nitrogens with one attached hydrogen (secondary N) is 3. The first-order valence-corrected chi connectivity index (χ1v) is 26.5. The molecule has 75 heavy (non-hydrogen) atoms. The molecular weight excluding hydrogens is 971 g/mol. The van der Waals surface area contributed by atoms with E-state index in [4.69, 9.17) is 14.2 Å². The maximum Gasteiger partial charge on any atom is 0.329 e. The highest BCUT2D eigenvalue weighted by Gasteiger charge is 2.45. The van der Waals surface area contributed by atoms with Gasteiger partial charge >= 0.3 is 11.9 Å². The molecular formula is C54H83N7O14. The van der Waals surface area contributed by atoms with Gasteiger partial charge in [-0.15, -0.1) is 0 Å². The van der Waals surface area contributed by atoms with Gasteiger partial charge < -0.3 is 54.9 Å². The fraction of sp³-hybridized carbons (Fsp3) is 0.704. The average Bonchev–Trinajstić information content (AvgIpc) is 4.06. The van der Waals surface area contributed by atoms with E-state index < -0.39 is 138 Å². The van der Waals surface area contributed by atoms with Crippen molar-refractivity contribution in [3.8, 4) is 5.75 Å². The summed E-state index contributed by atoms with van der Waals surface area (Å²) in [6.45, 7) is 17.0. The molecule has 0 radical (unpaired) electrons. The van der Waals surface area contributed by atoms with Crippen molar-refractivity contribution in [2.75, 3.05) is 34.3 Å². The summed E-state index contributed by atoms with van der Waals surface area (Å²) in [6, 6.07) is -1.98. The Labute approximate surface area is 441 Å². The molecule has 0 saturated carbocycles. The lowest BCUT2D eigenvalue weighted by molar-refractivity contribution is -0.162. The molecule has 3 aliphatic rings. The van der Waals surface area contributed by atoms with Gasteiger partial charge in [0.25, 0.3) is 11.8 Å². The van der Waals surface area contributed by atoms with Crippen LogP contribution < -0.4 is 20.7 Å². The minimum absolute atomic E-state index is 0.0748. The largest absolute Gasteiger partial charge is 0.497 e. The van der Waals surface area contributed by atoms with Gasteiger partial charge in [0.05, 0.1) is 25.7 Å². The molecule has 2 unspecified atom stereocenters. The number of hydrogen-bond acceptors (Lipinski definition) is 14. The van der Waals surface area contributed by atoms with Crippen LogP contribution in [0.3, 0.4) is 0 Å². The van der Waals surface area contributed by atoms with E-state index in [1.165, 1.54) is 47.7 Å². The second-order valence-corrected chi connectivity index (χ2v) is 21.7. The van der Waals surface area contributed by atoms with Crippen LogP contribution in [0.4, 0.5) is 0 Å². The van der Waals surface area contributed by atoms with Crippen LogP contribution in [0.2, 0.25) is 0 Å². The fourth-order valence-corrected chi connectivity index (χ4v) is 10.0. The fourth-order valence-electron chi connectivity index (χ4n) is 10.0. The van der Waals surface area contributed by atoms with Crippen LogP contribution in [-0.4, -0.2) is 179 Å². The van der Waals surface area contributed by atoms with E-state index >= 15 is 0 Å². The number of esters is 2. The van der Waals surface area contributed by atoms with Crippen molar-refractivity contribution >= 4 is 59.1 Å². The number of aliphatic hydroxyl groups is 1. The molecule has 0 bridgehead atoms. The third-order valence-electron chi connectivity index (χ3n) is 14.6. The highest BCUT2D eigenvalue weighted by molar-refractivity contribution is 6.35. The molecule has 3 fully saturated rings. The van der Waals surface area contributed by atoms with Gasteiger partial charge in [0.1, 0.15) is 48.1 Å². The first kappa shape index (κ1) is 61.4. The molecule has 1 aromatic rings. The Kier molecular flexibility index (Phi) is 22.6. The number of nitrogens with zero attached hydrogens (tertiary/aromatic N) is 4. The van der Waals surface area contributed by atoms with E-state index in [0.717, 1.165) is 6.92 Å². The first-order valence-electron chi connectivity index (χ1n) is 26.5. The zero-order chi connectivity index (χ0) is 56.2. The van der Waals surface area contributed by atoms with Gasteiger partial charge in [-0.3, -0.25) is 43.2 Å². The SMILES string of the molecule is CC[C@H](C)[C@H]1NC(=O)[C@@H](NC(=O)[C@@H](CC(C)C)N(C)C(=O)[C@@H]2CCCN2C(=O)C(C)=O)[C@@H](C)OC(=O)C(Cc2ccc(OC)cc2)N(C)C(=O)[C@@H]2CCCN2C(=O)[C@H](CC(C)C)NC(=O)C(C(C)C)OC(=O)C[C@@H]1O. The number of ketones is 1. The molecule has 1 aromatic carbocycles. The Bertz CT molecular complexity index is 2220. The zero-order valence-electron chi connectivity index (χ0n) is 46.2. The Morgan fingerprint density at radius 1 is 0.880 bits per heavy atom. The summed E-state index contributed by atoms with van der Waals surface area (Å²) in [5, 5.41) is 20.1. The molecule has 21 heteroatoms. The van der Waals surface area contributed by atoms with Crippen molar-refractivity contribution in [2.24, 2.45) is 23.7 Å². The number of likely N-dealkylation sites (tertiary alicyclic amines) is 1. The smallest absolute Gasteiger partial charge is 0.329 e.